The minimum atomic E-state index is 0.642. The summed E-state index contributed by atoms with van der Waals surface area (Å²) in [5, 5.41) is 9.15. The molecular weight excluding hydrogens is 196 g/mol. The molecule has 1 fully saturated rings. The van der Waals surface area contributed by atoms with E-state index in [1.54, 1.807) is 17.5 Å². The number of aromatic nitrogens is 3. The van der Waals surface area contributed by atoms with Gasteiger partial charge in [0.2, 0.25) is 4.96 Å². The molecule has 3 heterocycles. The number of piperidine rings is 1. The summed E-state index contributed by atoms with van der Waals surface area (Å²) in [5.74, 6) is 0.642. The Balaban J connectivity index is 1.92. The molecule has 1 N–H and O–H groups in total. The molecule has 4 nitrogen and oxygen atoms in total. The Morgan fingerprint density at radius 1 is 1.43 bits per heavy atom. The molecule has 1 saturated heterocycles. The van der Waals surface area contributed by atoms with Crippen LogP contribution in [0.5, 0.6) is 0 Å². The molecule has 0 atom stereocenters. The van der Waals surface area contributed by atoms with Gasteiger partial charge in [0.25, 0.3) is 0 Å². The van der Waals surface area contributed by atoms with E-state index in [1.807, 2.05) is 10.7 Å². The quantitative estimate of drug-likeness (QED) is 0.767. The zero-order valence-electron chi connectivity index (χ0n) is 7.81. The number of nitrogens with zero attached hydrogens (tertiary/aromatic N) is 3. The molecule has 0 aliphatic carbocycles. The summed E-state index contributed by atoms with van der Waals surface area (Å²) in [6.07, 6.45) is 6.12. The monoisotopic (exact) mass is 208 g/mol. The number of imidazole rings is 1. The van der Waals surface area contributed by atoms with Crippen molar-refractivity contribution >= 4 is 16.3 Å². The van der Waals surface area contributed by atoms with Crippen LogP contribution in [0.1, 0.15) is 23.8 Å². The highest BCUT2D eigenvalue weighted by molar-refractivity contribution is 7.16. The van der Waals surface area contributed by atoms with Crippen molar-refractivity contribution in [3.63, 3.8) is 0 Å². The topological polar surface area (TPSA) is 42.2 Å². The van der Waals surface area contributed by atoms with Crippen molar-refractivity contribution in [1.29, 1.82) is 0 Å². The zero-order valence-corrected chi connectivity index (χ0v) is 8.63. The second kappa shape index (κ2) is 3.33. The second-order valence-corrected chi connectivity index (χ2v) is 4.61. The molecule has 3 rings (SSSR count). The van der Waals surface area contributed by atoms with E-state index in [2.05, 4.69) is 15.4 Å². The lowest BCUT2D eigenvalue weighted by Crippen LogP contribution is -2.26. The van der Waals surface area contributed by atoms with Crippen LogP contribution in [0.3, 0.4) is 0 Å². The molecule has 0 saturated carbocycles. The molecule has 0 unspecified atom stereocenters. The Morgan fingerprint density at radius 2 is 2.29 bits per heavy atom. The third-order valence-corrected chi connectivity index (χ3v) is 3.78. The summed E-state index contributed by atoms with van der Waals surface area (Å²) in [6, 6.07) is 0. The standard InChI is InChI=1S/C9H12N4S/c1-3-10-4-2-7(1)8-12-13-6-5-11-9(13)14-8/h5-7,10H,1-4H2. The predicted molar refractivity (Wildman–Crippen MR) is 55.7 cm³/mol. The fourth-order valence-corrected chi connectivity index (χ4v) is 2.91. The van der Waals surface area contributed by atoms with Gasteiger partial charge in [-0.25, -0.2) is 9.50 Å². The van der Waals surface area contributed by atoms with E-state index < -0.39 is 0 Å². The summed E-state index contributed by atoms with van der Waals surface area (Å²) < 4.78 is 1.88. The van der Waals surface area contributed by atoms with Gasteiger partial charge in [-0.1, -0.05) is 11.3 Å². The van der Waals surface area contributed by atoms with Crippen molar-refractivity contribution in [3.05, 3.63) is 17.4 Å². The molecule has 0 radical (unpaired) electrons. The van der Waals surface area contributed by atoms with Crippen molar-refractivity contribution in [2.75, 3.05) is 13.1 Å². The van der Waals surface area contributed by atoms with Gasteiger partial charge in [0.15, 0.2) is 0 Å². The maximum Gasteiger partial charge on any atom is 0.212 e. The van der Waals surface area contributed by atoms with Crippen LogP contribution in [0.4, 0.5) is 0 Å². The third-order valence-electron chi connectivity index (χ3n) is 2.68. The lowest BCUT2D eigenvalue weighted by molar-refractivity contribution is 0.456. The molecule has 0 aromatic carbocycles. The third kappa shape index (κ3) is 1.33. The molecule has 5 heteroatoms. The van der Waals surface area contributed by atoms with Gasteiger partial charge in [-0.3, -0.25) is 0 Å². The van der Waals surface area contributed by atoms with E-state index >= 15 is 0 Å². The zero-order chi connectivity index (χ0) is 9.38. The molecule has 1 aliphatic rings. The fraction of sp³-hybridized carbons (Fsp3) is 0.556. The summed E-state index contributed by atoms with van der Waals surface area (Å²) in [6.45, 7) is 2.24. The SMILES string of the molecule is c1cn2nc(C3CCNCC3)sc2n1. The number of nitrogens with one attached hydrogen (secondary N) is 1. The Hall–Kier alpha value is -0.940. The van der Waals surface area contributed by atoms with Crippen LogP contribution in [0.2, 0.25) is 0 Å². The lowest BCUT2D eigenvalue weighted by atomic mass is 9.99. The summed E-state index contributed by atoms with van der Waals surface area (Å²) >= 11 is 1.72. The van der Waals surface area contributed by atoms with Gasteiger partial charge in [-0.05, 0) is 25.9 Å². The van der Waals surface area contributed by atoms with Gasteiger partial charge in [0, 0.05) is 12.1 Å². The van der Waals surface area contributed by atoms with E-state index in [-0.39, 0.29) is 0 Å². The Morgan fingerprint density at radius 3 is 3.07 bits per heavy atom. The Kier molecular flexibility index (Phi) is 1.99. The molecule has 1 aliphatic heterocycles. The number of hydrogen-bond acceptors (Lipinski definition) is 4. The van der Waals surface area contributed by atoms with E-state index in [4.69, 9.17) is 0 Å². The first-order valence-corrected chi connectivity index (χ1v) is 5.76. The van der Waals surface area contributed by atoms with Crippen LogP contribution in [0, 0.1) is 0 Å². The van der Waals surface area contributed by atoms with Crippen molar-refractivity contribution in [1.82, 2.24) is 19.9 Å². The fourth-order valence-electron chi connectivity index (χ4n) is 1.89. The average Bonchev–Trinajstić information content (AvgIpc) is 2.78. The van der Waals surface area contributed by atoms with Crippen LogP contribution in [-0.4, -0.2) is 27.7 Å². The van der Waals surface area contributed by atoms with Crippen molar-refractivity contribution in [2.24, 2.45) is 0 Å². The minimum absolute atomic E-state index is 0.642. The highest BCUT2D eigenvalue weighted by Crippen LogP contribution is 2.28. The van der Waals surface area contributed by atoms with Crippen LogP contribution in [0.25, 0.3) is 4.96 Å². The van der Waals surface area contributed by atoms with Crippen LogP contribution in [0.15, 0.2) is 12.4 Å². The van der Waals surface area contributed by atoms with Gasteiger partial charge in [-0.2, -0.15) is 5.10 Å². The molecule has 2 aromatic heterocycles. The Bertz CT molecular complexity index is 398. The van der Waals surface area contributed by atoms with E-state index in [0.717, 1.165) is 18.1 Å². The molecule has 0 bridgehead atoms. The summed E-state index contributed by atoms with van der Waals surface area (Å²) in [5.41, 5.74) is 0. The lowest BCUT2D eigenvalue weighted by Gasteiger charge is -2.19. The van der Waals surface area contributed by atoms with E-state index in [0.29, 0.717) is 5.92 Å². The predicted octanol–water partition coefficient (Wildman–Crippen LogP) is 1.26. The second-order valence-electron chi connectivity index (χ2n) is 3.62. The van der Waals surface area contributed by atoms with Crippen LogP contribution < -0.4 is 5.32 Å². The first-order valence-electron chi connectivity index (χ1n) is 4.94. The van der Waals surface area contributed by atoms with Crippen LogP contribution >= 0.6 is 11.3 Å². The van der Waals surface area contributed by atoms with Crippen molar-refractivity contribution < 1.29 is 0 Å². The first-order chi connectivity index (χ1) is 6.93. The van der Waals surface area contributed by atoms with E-state index in [9.17, 15) is 0 Å². The molecule has 0 spiro atoms. The summed E-state index contributed by atoms with van der Waals surface area (Å²) in [7, 11) is 0. The average molecular weight is 208 g/mol. The summed E-state index contributed by atoms with van der Waals surface area (Å²) in [4.78, 5) is 5.25. The van der Waals surface area contributed by atoms with Crippen molar-refractivity contribution in [2.45, 2.75) is 18.8 Å². The molecule has 0 amide bonds. The largest absolute Gasteiger partial charge is 0.317 e. The molecule has 74 valence electrons. The highest BCUT2D eigenvalue weighted by atomic mass is 32.1. The smallest absolute Gasteiger partial charge is 0.212 e. The number of fused-ring (bicyclic) bond motifs is 1. The van der Waals surface area contributed by atoms with Gasteiger partial charge >= 0.3 is 0 Å². The van der Waals surface area contributed by atoms with E-state index in [1.165, 1.54) is 17.8 Å². The highest BCUT2D eigenvalue weighted by Gasteiger charge is 2.19. The molecule has 14 heavy (non-hydrogen) atoms. The Labute approximate surface area is 86.0 Å². The maximum atomic E-state index is 4.54. The molecular formula is C9H12N4S. The normalized spacial score (nSPS) is 19.1. The van der Waals surface area contributed by atoms with Gasteiger partial charge in [0.05, 0.1) is 6.20 Å². The van der Waals surface area contributed by atoms with Gasteiger partial charge in [-0.15, -0.1) is 0 Å². The number of hydrogen-bond donors (Lipinski definition) is 1. The van der Waals surface area contributed by atoms with Gasteiger partial charge in [0.1, 0.15) is 5.01 Å². The van der Waals surface area contributed by atoms with Crippen LogP contribution in [-0.2, 0) is 0 Å². The van der Waals surface area contributed by atoms with Gasteiger partial charge < -0.3 is 5.32 Å². The maximum absolute atomic E-state index is 4.54. The minimum Gasteiger partial charge on any atom is -0.317 e. The molecule has 2 aromatic rings. The number of rotatable bonds is 1. The van der Waals surface area contributed by atoms with Crippen molar-refractivity contribution in [3.8, 4) is 0 Å². The first kappa shape index (κ1) is 8.38.